The molecule has 0 aliphatic rings. The highest BCUT2D eigenvalue weighted by Crippen LogP contribution is 2.37. The summed E-state index contributed by atoms with van der Waals surface area (Å²) in [7, 11) is 1.30. The summed E-state index contributed by atoms with van der Waals surface area (Å²) in [6, 6.07) is 6.20. The van der Waals surface area contributed by atoms with Crippen LogP contribution in [0.3, 0.4) is 0 Å². The number of benzene rings is 2. The number of hydrogen-bond acceptors (Lipinski definition) is 4. The molecule has 2 N–H and O–H groups in total. The molecule has 0 bridgehead atoms. The average Bonchev–Trinajstić information content (AvgIpc) is 2.84. The van der Waals surface area contributed by atoms with Gasteiger partial charge in [0, 0.05) is 43.0 Å². The Labute approximate surface area is 211 Å². The number of carbonyl (C=O) groups excluding carboxylic acids is 1. The molecule has 1 amide bonds. The van der Waals surface area contributed by atoms with Crippen molar-refractivity contribution in [2.24, 2.45) is 7.05 Å². The number of aryl methyl sites for hydroxylation is 1. The van der Waals surface area contributed by atoms with Gasteiger partial charge >= 0.3 is 12.1 Å². The number of aliphatic carboxylic acids is 1. The number of nitrogens with one attached hydrogen (secondary N) is 1. The van der Waals surface area contributed by atoms with Crippen LogP contribution in [-0.4, -0.2) is 32.6 Å². The molecule has 0 spiro atoms. The van der Waals surface area contributed by atoms with Gasteiger partial charge in [0.1, 0.15) is 23.2 Å². The molecule has 0 aliphatic carbocycles. The molecule has 2 aromatic heterocycles. The molecule has 0 aliphatic heterocycles. The van der Waals surface area contributed by atoms with Crippen molar-refractivity contribution in [3.8, 4) is 11.1 Å². The first-order valence-electron chi connectivity index (χ1n) is 11.0. The molecule has 0 saturated carbocycles. The predicted octanol–water partition coefficient (Wildman–Crippen LogP) is 4.32. The maximum Gasteiger partial charge on any atom is 0.417 e. The lowest BCUT2D eigenvalue weighted by Gasteiger charge is -2.18. The van der Waals surface area contributed by atoms with Gasteiger partial charge in [-0.1, -0.05) is 24.3 Å². The van der Waals surface area contributed by atoms with Crippen LogP contribution >= 0.6 is 0 Å². The fraction of sp³-hybridized carbons (Fsp3) is 0.154. The summed E-state index contributed by atoms with van der Waals surface area (Å²) >= 11 is 0. The molecule has 4 aromatic rings. The molecule has 0 unspecified atom stereocenters. The van der Waals surface area contributed by atoms with Crippen LogP contribution in [0, 0.1) is 11.6 Å². The second kappa shape index (κ2) is 10.0. The number of amides is 1. The number of rotatable bonds is 6. The van der Waals surface area contributed by atoms with Crippen LogP contribution < -0.4 is 10.9 Å². The number of carboxylic acid groups (broad SMARTS) is 1. The third kappa shape index (κ3) is 4.97. The summed E-state index contributed by atoms with van der Waals surface area (Å²) in [5.41, 5.74) is -3.54. The maximum atomic E-state index is 14.0. The molecular formula is C26H18F5N3O4. The summed E-state index contributed by atoms with van der Waals surface area (Å²) in [6.07, 6.45) is -1.86. The zero-order valence-corrected chi connectivity index (χ0v) is 19.5. The minimum atomic E-state index is -4.84. The summed E-state index contributed by atoms with van der Waals surface area (Å²) in [5.74, 6) is -5.19. The summed E-state index contributed by atoms with van der Waals surface area (Å²) in [6.45, 7) is 0. The van der Waals surface area contributed by atoms with Gasteiger partial charge < -0.3 is 15.0 Å². The summed E-state index contributed by atoms with van der Waals surface area (Å²) in [4.78, 5) is 41.2. The van der Waals surface area contributed by atoms with E-state index >= 15 is 0 Å². The fourth-order valence-electron chi connectivity index (χ4n) is 4.12. The van der Waals surface area contributed by atoms with E-state index in [4.69, 9.17) is 0 Å². The van der Waals surface area contributed by atoms with Crippen molar-refractivity contribution in [3.05, 3.63) is 99.7 Å². The van der Waals surface area contributed by atoms with Gasteiger partial charge in [0.15, 0.2) is 0 Å². The molecule has 12 heteroatoms. The molecule has 2 aromatic carbocycles. The topological polar surface area (TPSA) is 101 Å². The Morgan fingerprint density at radius 1 is 1.03 bits per heavy atom. The lowest BCUT2D eigenvalue weighted by Crippen LogP contribution is -2.43. The van der Waals surface area contributed by atoms with E-state index in [1.165, 1.54) is 31.4 Å². The van der Waals surface area contributed by atoms with Gasteiger partial charge in [-0.2, -0.15) is 13.2 Å². The number of carbonyl (C=O) groups is 2. The van der Waals surface area contributed by atoms with Crippen molar-refractivity contribution in [2.75, 3.05) is 0 Å². The molecular weight excluding hydrogens is 513 g/mol. The van der Waals surface area contributed by atoms with E-state index in [0.717, 1.165) is 41.2 Å². The minimum Gasteiger partial charge on any atom is -0.480 e. The third-order valence-electron chi connectivity index (χ3n) is 5.95. The highest BCUT2D eigenvalue weighted by atomic mass is 19.4. The number of nitrogens with zero attached hydrogens (tertiary/aromatic N) is 2. The van der Waals surface area contributed by atoms with Gasteiger partial charge in [0.05, 0.1) is 11.1 Å². The van der Waals surface area contributed by atoms with Crippen LogP contribution in [0.4, 0.5) is 22.0 Å². The second-order valence-corrected chi connectivity index (χ2v) is 8.38. The van der Waals surface area contributed by atoms with Crippen molar-refractivity contribution in [3.63, 3.8) is 0 Å². The summed E-state index contributed by atoms with van der Waals surface area (Å²) in [5, 5.41) is 12.2. The van der Waals surface area contributed by atoms with Gasteiger partial charge in [0.25, 0.3) is 11.5 Å². The Hall–Kier alpha value is -4.61. The fourth-order valence-corrected chi connectivity index (χ4v) is 4.12. The maximum absolute atomic E-state index is 14.0. The highest BCUT2D eigenvalue weighted by Gasteiger charge is 2.36. The van der Waals surface area contributed by atoms with E-state index in [0.29, 0.717) is 0 Å². The molecule has 38 heavy (non-hydrogen) atoms. The van der Waals surface area contributed by atoms with Gasteiger partial charge in [0.2, 0.25) is 0 Å². The number of hydrogen-bond donors (Lipinski definition) is 2. The van der Waals surface area contributed by atoms with Gasteiger partial charge in [-0.15, -0.1) is 0 Å². The SMILES string of the molecule is Cn1ccc(C(F)(F)F)c(-c2cncc3c(C[C@H](NC(=O)c4c(F)cccc4F)C(=O)O)cccc23)c1=O. The molecule has 0 fully saturated rings. The van der Waals surface area contributed by atoms with Crippen LogP contribution in [-0.2, 0) is 24.4 Å². The van der Waals surface area contributed by atoms with Crippen LogP contribution in [0.2, 0.25) is 0 Å². The quantitative estimate of drug-likeness (QED) is 0.361. The first-order chi connectivity index (χ1) is 17.9. The molecule has 7 nitrogen and oxygen atoms in total. The smallest absolute Gasteiger partial charge is 0.417 e. The number of aromatic nitrogens is 2. The van der Waals surface area contributed by atoms with Gasteiger partial charge in [-0.25, -0.2) is 13.6 Å². The number of carboxylic acids is 1. The Bertz CT molecular complexity index is 1610. The first kappa shape index (κ1) is 26.5. The molecule has 4 rings (SSSR count). The Kier molecular flexibility index (Phi) is 6.99. The van der Waals surface area contributed by atoms with Crippen LogP contribution in [0.1, 0.15) is 21.5 Å². The van der Waals surface area contributed by atoms with Crippen LogP contribution in [0.15, 0.2) is 65.8 Å². The van der Waals surface area contributed by atoms with Crippen molar-refractivity contribution < 1.29 is 36.6 Å². The Morgan fingerprint density at radius 2 is 1.68 bits per heavy atom. The van der Waals surface area contributed by atoms with Crippen LogP contribution in [0.25, 0.3) is 21.9 Å². The standard InChI is InChI=1S/C26H18F5N3O4/c1-34-9-8-17(26(29,30)31)21(24(34)36)16-12-32-11-15-13(4-2-5-14(15)16)10-20(25(37)38)33-23(35)22-18(27)6-3-7-19(22)28/h2-9,11-12,20H,10H2,1H3,(H,33,35)(H,37,38)/t20-/m0/s1. The van der Waals surface area contributed by atoms with Crippen molar-refractivity contribution >= 4 is 22.6 Å². The number of pyridine rings is 2. The highest BCUT2D eigenvalue weighted by molar-refractivity contribution is 5.99. The second-order valence-electron chi connectivity index (χ2n) is 8.38. The Balaban J connectivity index is 1.79. The van der Waals surface area contributed by atoms with E-state index < -0.39 is 64.4 Å². The lowest BCUT2D eigenvalue weighted by atomic mass is 9.93. The number of halogens is 5. The number of fused-ring (bicyclic) bond motifs is 1. The van der Waals surface area contributed by atoms with Gasteiger partial charge in [-0.3, -0.25) is 14.6 Å². The van der Waals surface area contributed by atoms with Crippen molar-refractivity contribution in [1.82, 2.24) is 14.9 Å². The molecule has 0 saturated heterocycles. The zero-order valence-electron chi connectivity index (χ0n) is 19.5. The van der Waals surface area contributed by atoms with Crippen molar-refractivity contribution in [1.29, 1.82) is 0 Å². The lowest BCUT2D eigenvalue weighted by molar-refractivity contribution is -0.139. The average molecular weight is 531 g/mol. The molecule has 0 radical (unpaired) electrons. The first-order valence-corrected chi connectivity index (χ1v) is 11.0. The third-order valence-corrected chi connectivity index (χ3v) is 5.95. The van der Waals surface area contributed by atoms with E-state index in [9.17, 15) is 41.4 Å². The van der Waals surface area contributed by atoms with Crippen LogP contribution in [0.5, 0.6) is 0 Å². The normalized spacial score (nSPS) is 12.4. The van der Waals surface area contributed by atoms with E-state index in [-0.39, 0.29) is 21.9 Å². The zero-order chi connectivity index (χ0) is 27.8. The monoisotopic (exact) mass is 531 g/mol. The molecule has 196 valence electrons. The number of alkyl halides is 3. The van der Waals surface area contributed by atoms with E-state index in [2.05, 4.69) is 10.3 Å². The summed E-state index contributed by atoms with van der Waals surface area (Å²) < 4.78 is 70.3. The predicted molar refractivity (Wildman–Crippen MR) is 126 cm³/mol. The molecule has 1 atom stereocenters. The van der Waals surface area contributed by atoms with Gasteiger partial charge in [-0.05, 0) is 29.1 Å². The Morgan fingerprint density at radius 3 is 2.32 bits per heavy atom. The van der Waals surface area contributed by atoms with E-state index in [1.54, 1.807) is 0 Å². The van der Waals surface area contributed by atoms with Crippen molar-refractivity contribution in [2.45, 2.75) is 18.6 Å². The largest absolute Gasteiger partial charge is 0.480 e. The van der Waals surface area contributed by atoms with E-state index in [1.807, 2.05) is 0 Å². The molecule has 2 heterocycles. The minimum absolute atomic E-state index is 0.123.